The van der Waals surface area contributed by atoms with Gasteiger partial charge < -0.3 is 0 Å². The van der Waals surface area contributed by atoms with Crippen LogP contribution in [0.3, 0.4) is 0 Å². The van der Waals surface area contributed by atoms with Crippen molar-refractivity contribution < 1.29 is 13.2 Å². The number of fused-ring (bicyclic) bond motifs is 1. The van der Waals surface area contributed by atoms with Crippen LogP contribution in [0.25, 0.3) is 10.8 Å². The van der Waals surface area contributed by atoms with E-state index in [0.717, 1.165) is 25.1 Å². The molecule has 28 heavy (non-hydrogen) atoms. The van der Waals surface area contributed by atoms with E-state index in [0.29, 0.717) is 0 Å². The van der Waals surface area contributed by atoms with Gasteiger partial charge in [-0.3, -0.25) is 4.79 Å². The average Bonchev–Trinajstić information content (AvgIpc) is 2.69. The highest BCUT2D eigenvalue weighted by atomic mass is 79.9. The second-order valence-electron chi connectivity index (χ2n) is 6.11. The molecule has 0 atom stereocenters. The smallest absolute Gasteiger partial charge is 0.255 e. The quantitative estimate of drug-likeness (QED) is 0.453. The van der Waals surface area contributed by atoms with Gasteiger partial charge in [-0.05, 0) is 40.6 Å². The molecular weight excluding hydrogens is 442 g/mol. The summed E-state index contributed by atoms with van der Waals surface area (Å²) in [6, 6.07) is 19.7. The van der Waals surface area contributed by atoms with Gasteiger partial charge in [0, 0.05) is 11.5 Å². The van der Waals surface area contributed by atoms with Crippen LogP contribution in [0.4, 0.5) is 0 Å². The van der Waals surface area contributed by atoms with Crippen LogP contribution in [0, 0.1) is 0 Å². The van der Waals surface area contributed by atoms with Crippen molar-refractivity contribution in [3.05, 3.63) is 76.8 Å². The van der Waals surface area contributed by atoms with Crippen LogP contribution in [0.15, 0.2) is 81.2 Å². The summed E-state index contributed by atoms with van der Waals surface area (Å²) in [6.07, 6.45) is 1.49. The number of carbonyl (C=O) groups is 1. The Labute approximate surface area is 172 Å². The lowest BCUT2D eigenvalue weighted by Crippen LogP contribution is -2.36. The van der Waals surface area contributed by atoms with Crippen molar-refractivity contribution in [2.24, 2.45) is 5.10 Å². The van der Waals surface area contributed by atoms with Crippen LogP contribution < -0.4 is 5.43 Å². The molecule has 0 spiro atoms. The molecule has 3 rings (SSSR count). The maximum absolute atomic E-state index is 12.7. The number of likely N-dealkylation sites (N-methyl/N-ethyl adjacent to an activating group) is 1. The van der Waals surface area contributed by atoms with Crippen LogP contribution in [0.5, 0.6) is 0 Å². The van der Waals surface area contributed by atoms with Crippen molar-refractivity contribution in [1.29, 1.82) is 0 Å². The van der Waals surface area contributed by atoms with Crippen molar-refractivity contribution in [1.82, 2.24) is 9.73 Å². The molecule has 8 heteroatoms. The number of rotatable bonds is 6. The summed E-state index contributed by atoms with van der Waals surface area (Å²) in [5, 5.41) is 5.63. The Hall–Kier alpha value is -2.55. The minimum absolute atomic E-state index is 0.139. The van der Waals surface area contributed by atoms with Crippen LogP contribution in [-0.2, 0) is 14.8 Å². The van der Waals surface area contributed by atoms with Gasteiger partial charge in [-0.2, -0.15) is 9.41 Å². The van der Waals surface area contributed by atoms with Gasteiger partial charge in [0.15, 0.2) is 0 Å². The fourth-order valence-electron chi connectivity index (χ4n) is 2.56. The number of amides is 1. The van der Waals surface area contributed by atoms with E-state index in [4.69, 9.17) is 0 Å². The van der Waals surface area contributed by atoms with E-state index in [1.807, 2.05) is 48.5 Å². The second-order valence-corrected chi connectivity index (χ2v) is 9.08. The van der Waals surface area contributed by atoms with Gasteiger partial charge >= 0.3 is 0 Å². The molecule has 0 aromatic heterocycles. The van der Waals surface area contributed by atoms with Gasteiger partial charge in [-0.1, -0.05) is 58.4 Å². The number of hydrogen-bond acceptors (Lipinski definition) is 4. The van der Waals surface area contributed by atoms with Crippen molar-refractivity contribution in [2.45, 2.75) is 4.90 Å². The maximum Gasteiger partial charge on any atom is 0.255 e. The predicted molar refractivity (Wildman–Crippen MR) is 114 cm³/mol. The number of benzene rings is 3. The van der Waals surface area contributed by atoms with Gasteiger partial charge in [-0.15, -0.1) is 0 Å². The number of nitrogens with one attached hydrogen (secondary N) is 1. The van der Waals surface area contributed by atoms with E-state index in [1.54, 1.807) is 12.1 Å². The summed E-state index contributed by atoms with van der Waals surface area (Å²) in [7, 11) is -2.43. The minimum Gasteiger partial charge on any atom is -0.272 e. The topological polar surface area (TPSA) is 78.8 Å². The first-order valence-electron chi connectivity index (χ1n) is 8.39. The normalized spacial score (nSPS) is 12.0. The Bertz CT molecular complexity index is 1130. The molecule has 1 amide bonds. The van der Waals surface area contributed by atoms with Gasteiger partial charge in [0.05, 0.1) is 17.7 Å². The van der Waals surface area contributed by atoms with E-state index >= 15 is 0 Å². The summed E-state index contributed by atoms with van der Waals surface area (Å²) < 4.78 is 27.4. The lowest BCUT2D eigenvalue weighted by atomic mass is 10.1. The van der Waals surface area contributed by atoms with Crippen molar-refractivity contribution in [3.8, 4) is 0 Å². The third-order valence-electron chi connectivity index (χ3n) is 4.07. The van der Waals surface area contributed by atoms with E-state index in [9.17, 15) is 13.2 Å². The number of nitrogens with zero attached hydrogens (tertiary/aromatic N) is 2. The zero-order valence-corrected chi connectivity index (χ0v) is 17.4. The number of hydrogen-bond donors (Lipinski definition) is 1. The molecule has 0 radical (unpaired) electrons. The van der Waals surface area contributed by atoms with E-state index in [2.05, 4.69) is 26.5 Å². The fourth-order valence-corrected chi connectivity index (χ4v) is 3.99. The molecule has 144 valence electrons. The fraction of sp³-hybridized carbons (Fsp3) is 0.100. The van der Waals surface area contributed by atoms with Crippen LogP contribution in [-0.4, -0.2) is 38.4 Å². The molecule has 0 fully saturated rings. The molecule has 0 heterocycles. The molecule has 0 unspecified atom stereocenters. The molecule has 3 aromatic carbocycles. The van der Waals surface area contributed by atoms with Crippen LogP contribution >= 0.6 is 15.9 Å². The number of hydrazone groups is 1. The highest BCUT2D eigenvalue weighted by molar-refractivity contribution is 9.10. The van der Waals surface area contributed by atoms with E-state index in [1.165, 1.54) is 19.3 Å². The first-order chi connectivity index (χ1) is 13.4. The molecule has 0 saturated heterocycles. The molecule has 0 aliphatic rings. The van der Waals surface area contributed by atoms with Crippen LogP contribution in [0.2, 0.25) is 0 Å². The SMILES string of the molecule is CN(CC(=O)N/N=C\c1ccc(Br)cc1)S(=O)(=O)c1ccc2ccccc2c1. The summed E-state index contributed by atoms with van der Waals surface area (Å²) in [4.78, 5) is 12.2. The lowest BCUT2D eigenvalue weighted by Gasteiger charge is -2.16. The standard InChI is InChI=1S/C20H18BrN3O3S/c1-24(14-20(25)23-22-13-15-6-9-18(21)10-7-15)28(26,27)19-11-8-16-4-2-3-5-17(16)12-19/h2-13H,14H2,1H3,(H,23,25)/b22-13-. The molecular formula is C20H18BrN3O3S. The third-order valence-corrected chi connectivity index (χ3v) is 6.40. The van der Waals surface area contributed by atoms with Gasteiger partial charge in [-0.25, -0.2) is 13.8 Å². The highest BCUT2D eigenvalue weighted by Gasteiger charge is 2.23. The number of carbonyl (C=O) groups excluding carboxylic acids is 1. The Kier molecular flexibility index (Phi) is 6.23. The summed E-state index contributed by atoms with van der Waals surface area (Å²) >= 11 is 3.34. The predicted octanol–water partition coefficient (Wildman–Crippen LogP) is 3.37. The maximum atomic E-state index is 12.7. The Morgan fingerprint density at radius 3 is 2.46 bits per heavy atom. The zero-order valence-electron chi connectivity index (χ0n) is 15.0. The highest BCUT2D eigenvalue weighted by Crippen LogP contribution is 2.21. The average molecular weight is 460 g/mol. The molecule has 0 aliphatic carbocycles. The molecule has 0 aliphatic heterocycles. The van der Waals surface area contributed by atoms with E-state index < -0.39 is 15.9 Å². The molecule has 0 saturated carbocycles. The summed E-state index contributed by atoms with van der Waals surface area (Å²) in [5.41, 5.74) is 3.15. The van der Waals surface area contributed by atoms with Crippen molar-refractivity contribution in [3.63, 3.8) is 0 Å². The van der Waals surface area contributed by atoms with Crippen molar-refractivity contribution in [2.75, 3.05) is 13.6 Å². The molecule has 3 aromatic rings. The summed E-state index contributed by atoms with van der Waals surface area (Å²) in [6.45, 7) is -0.340. The van der Waals surface area contributed by atoms with Gasteiger partial charge in [0.1, 0.15) is 0 Å². The minimum atomic E-state index is -3.79. The van der Waals surface area contributed by atoms with Crippen LogP contribution in [0.1, 0.15) is 5.56 Å². The Morgan fingerprint density at radius 1 is 1.07 bits per heavy atom. The Balaban J connectivity index is 1.65. The molecule has 1 N–H and O–H groups in total. The van der Waals surface area contributed by atoms with Gasteiger partial charge in [0.25, 0.3) is 5.91 Å². The monoisotopic (exact) mass is 459 g/mol. The largest absolute Gasteiger partial charge is 0.272 e. The summed E-state index contributed by atoms with van der Waals surface area (Å²) in [5.74, 6) is -0.528. The van der Waals surface area contributed by atoms with E-state index in [-0.39, 0.29) is 11.4 Å². The van der Waals surface area contributed by atoms with Crippen molar-refractivity contribution >= 4 is 48.8 Å². The first-order valence-corrected chi connectivity index (χ1v) is 10.6. The number of sulfonamides is 1. The first kappa shape index (κ1) is 20.2. The second kappa shape index (κ2) is 8.64. The van der Waals surface area contributed by atoms with Gasteiger partial charge in [0.2, 0.25) is 10.0 Å². The Morgan fingerprint density at radius 2 is 1.75 bits per heavy atom. The zero-order chi connectivity index (χ0) is 20.1. The molecule has 0 bridgehead atoms. The lowest BCUT2D eigenvalue weighted by molar-refractivity contribution is -0.121. The third kappa shape index (κ3) is 4.83. The molecule has 6 nitrogen and oxygen atoms in total. The number of halogens is 1.